The lowest BCUT2D eigenvalue weighted by atomic mass is 10.1. The van der Waals surface area contributed by atoms with Crippen LogP contribution in [0.4, 0.5) is 0 Å². The summed E-state index contributed by atoms with van der Waals surface area (Å²) in [5.41, 5.74) is 5.93. The Morgan fingerprint density at radius 3 is 2.36 bits per heavy atom. The second-order valence-corrected chi connectivity index (χ2v) is 3.06. The molecule has 0 fully saturated rings. The van der Waals surface area contributed by atoms with E-state index in [2.05, 4.69) is 31.2 Å². The summed E-state index contributed by atoms with van der Waals surface area (Å²) in [4.78, 5) is 4.34. The predicted molar refractivity (Wildman–Crippen MR) is 62.9 cm³/mol. The van der Waals surface area contributed by atoms with Gasteiger partial charge in [-0.05, 0) is 32.3 Å². The Bertz CT molecular complexity index is 249. The van der Waals surface area contributed by atoms with E-state index >= 15 is 0 Å². The van der Waals surface area contributed by atoms with Crippen molar-refractivity contribution in [3.05, 3.63) is 23.5 Å². The number of nitrogens with one attached hydrogen (secondary N) is 1. The van der Waals surface area contributed by atoms with Crippen molar-refractivity contribution < 1.29 is 0 Å². The topological polar surface area (TPSA) is 50.4 Å². The van der Waals surface area contributed by atoms with E-state index in [1.165, 1.54) is 5.57 Å². The van der Waals surface area contributed by atoms with Crippen molar-refractivity contribution in [2.45, 2.75) is 40.5 Å². The highest BCUT2D eigenvalue weighted by Crippen LogP contribution is 2.08. The average Bonchev–Trinajstić information content (AvgIpc) is 2.23. The first-order valence-corrected chi connectivity index (χ1v) is 5.05. The van der Waals surface area contributed by atoms with Gasteiger partial charge in [-0.1, -0.05) is 19.9 Å². The van der Waals surface area contributed by atoms with Crippen molar-refractivity contribution >= 4 is 5.71 Å². The lowest BCUT2D eigenvalue weighted by molar-refractivity contribution is 0.883. The highest BCUT2D eigenvalue weighted by Gasteiger charge is 2.05. The van der Waals surface area contributed by atoms with Gasteiger partial charge in [0.15, 0.2) is 0 Å². The van der Waals surface area contributed by atoms with Crippen LogP contribution in [0.2, 0.25) is 0 Å². The standard InChI is InChI=1S/C11H21N3/c1-5-8-13-10(7-3)11(14-12)9(4)6-2/h5,8,14H,6-7,12H2,1-4H3/b8-5-,11-9-,13-10-. The molecule has 3 heteroatoms. The minimum Gasteiger partial charge on any atom is -0.322 e. The minimum atomic E-state index is 0.876. The van der Waals surface area contributed by atoms with Gasteiger partial charge in [-0.3, -0.25) is 10.8 Å². The van der Waals surface area contributed by atoms with Gasteiger partial charge in [0.1, 0.15) is 0 Å². The highest BCUT2D eigenvalue weighted by molar-refractivity contribution is 6.00. The fourth-order valence-electron chi connectivity index (χ4n) is 1.13. The molecule has 3 nitrogen and oxygen atoms in total. The Morgan fingerprint density at radius 2 is 2.00 bits per heavy atom. The van der Waals surface area contributed by atoms with Gasteiger partial charge in [0, 0.05) is 6.20 Å². The Labute approximate surface area is 86.8 Å². The zero-order chi connectivity index (χ0) is 11.0. The van der Waals surface area contributed by atoms with E-state index in [1.54, 1.807) is 6.20 Å². The lowest BCUT2D eigenvalue weighted by Crippen LogP contribution is -2.27. The molecule has 0 aromatic carbocycles. The van der Waals surface area contributed by atoms with Gasteiger partial charge in [-0.2, -0.15) is 0 Å². The van der Waals surface area contributed by atoms with Gasteiger partial charge in [0.05, 0.1) is 11.4 Å². The molecule has 0 aliphatic rings. The second kappa shape index (κ2) is 7.33. The van der Waals surface area contributed by atoms with E-state index in [4.69, 9.17) is 5.84 Å². The molecule has 0 unspecified atom stereocenters. The monoisotopic (exact) mass is 195 g/mol. The fraction of sp³-hybridized carbons (Fsp3) is 0.545. The van der Waals surface area contributed by atoms with E-state index in [0.717, 1.165) is 24.3 Å². The largest absolute Gasteiger partial charge is 0.322 e. The summed E-state index contributed by atoms with van der Waals surface area (Å²) >= 11 is 0. The molecule has 14 heavy (non-hydrogen) atoms. The molecule has 0 rings (SSSR count). The van der Waals surface area contributed by atoms with Crippen LogP contribution in [0.3, 0.4) is 0 Å². The molecule has 0 aromatic rings. The van der Waals surface area contributed by atoms with Crippen LogP contribution in [-0.2, 0) is 0 Å². The average molecular weight is 195 g/mol. The molecular formula is C11H21N3. The van der Waals surface area contributed by atoms with Gasteiger partial charge < -0.3 is 5.43 Å². The molecule has 0 heterocycles. The number of nitrogens with zero attached hydrogens (tertiary/aromatic N) is 1. The van der Waals surface area contributed by atoms with Crippen molar-refractivity contribution in [3.63, 3.8) is 0 Å². The first kappa shape index (κ1) is 12.9. The van der Waals surface area contributed by atoms with Crippen LogP contribution in [0.5, 0.6) is 0 Å². The number of allylic oxidation sites excluding steroid dienone is 3. The molecule has 0 saturated carbocycles. The number of hydrazine groups is 1. The SMILES string of the molecule is C\C=C/N=C(CC)\C(NN)=C(/C)CC. The van der Waals surface area contributed by atoms with Gasteiger partial charge >= 0.3 is 0 Å². The molecule has 0 bridgehead atoms. The van der Waals surface area contributed by atoms with Gasteiger partial charge in [-0.15, -0.1) is 0 Å². The van der Waals surface area contributed by atoms with E-state index in [-0.39, 0.29) is 0 Å². The maximum Gasteiger partial charge on any atom is 0.0689 e. The Balaban J connectivity index is 4.98. The number of nitrogens with two attached hydrogens (primary N) is 1. The molecular weight excluding hydrogens is 174 g/mol. The van der Waals surface area contributed by atoms with Crippen molar-refractivity contribution in [3.8, 4) is 0 Å². The van der Waals surface area contributed by atoms with Crippen LogP contribution in [0, 0.1) is 0 Å². The summed E-state index contributed by atoms with van der Waals surface area (Å²) in [6.45, 7) is 8.19. The van der Waals surface area contributed by atoms with Crippen LogP contribution >= 0.6 is 0 Å². The first-order valence-electron chi connectivity index (χ1n) is 5.05. The van der Waals surface area contributed by atoms with E-state index in [0.29, 0.717) is 0 Å². The number of hydrogen-bond donors (Lipinski definition) is 2. The molecule has 0 aliphatic heterocycles. The highest BCUT2D eigenvalue weighted by atomic mass is 15.2. The lowest BCUT2D eigenvalue weighted by Gasteiger charge is -2.11. The summed E-state index contributed by atoms with van der Waals surface area (Å²) in [6.07, 6.45) is 5.56. The van der Waals surface area contributed by atoms with Crippen molar-refractivity contribution in [2.75, 3.05) is 0 Å². The molecule has 0 spiro atoms. The molecule has 80 valence electrons. The summed E-state index contributed by atoms with van der Waals surface area (Å²) in [5.74, 6) is 5.48. The van der Waals surface area contributed by atoms with Crippen LogP contribution in [-0.4, -0.2) is 5.71 Å². The summed E-state index contributed by atoms with van der Waals surface area (Å²) in [7, 11) is 0. The Kier molecular flexibility index (Phi) is 6.76. The third-order valence-corrected chi connectivity index (χ3v) is 2.10. The minimum absolute atomic E-state index is 0.876. The summed E-state index contributed by atoms with van der Waals surface area (Å²) in [5, 5.41) is 0. The van der Waals surface area contributed by atoms with Crippen LogP contribution in [0.25, 0.3) is 0 Å². The van der Waals surface area contributed by atoms with Crippen molar-refractivity contribution in [1.82, 2.24) is 5.43 Å². The van der Waals surface area contributed by atoms with Gasteiger partial charge in [0.2, 0.25) is 0 Å². The molecule has 0 aliphatic carbocycles. The maximum atomic E-state index is 5.48. The predicted octanol–water partition coefficient (Wildman–Crippen LogP) is 2.52. The molecule has 3 N–H and O–H groups in total. The number of aliphatic imine (C=N–C) groups is 1. The molecule has 0 aromatic heterocycles. The summed E-state index contributed by atoms with van der Waals surface area (Å²) in [6, 6.07) is 0. The zero-order valence-electron chi connectivity index (χ0n) is 9.59. The zero-order valence-corrected chi connectivity index (χ0v) is 9.59. The molecule has 0 atom stereocenters. The second-order valence-electron chi connectivity index (χ2n) is 3.06. The third kappa shape index (κ3) is 3.75. The summed E-state index contributed by atoms with van der Waals surface area (Å²) < 4.78 is 0. The molecule has 0 radical (unpaired) electrons. The van der Waals surface area contributed by atoms with Crippen LogP contribution in [0.1, 0.15) is 40.5 Å². The van der Waals surface area contributed by atoms with Crippen molar-refractivity contribution in [1.29, 1.82) is 0 Å². The molecule has 0 amide bonds. The van der Waals surface area contributed by atoms with Crippen LogP contribution < -0.4 is 11.3 Å². The quantitative estimate of drug-likeness (QED) is 0.402. The normalized spacial score (nSPS) is 14.5. The van der Waals surface area contributed by atoms with Crippen LogP contribution in [0.15, 0.2) is 28.5 Å². The van der Waals surface area contributed by atoms with Gasteiger partial charge in [-0.25, -0.2) is 0 Å². The van der Waals surface area contributed by atoms with E-state index < -0.39 is 0 Å². The number of rotatable bonds is 5. The van der Waals surface area contributed by atoms with Gasteiger partial charge in [0.25, 0.3) is 0 Å². The van der Waals surface area contributed by atoms with E-state index in [9.17, 15) is 0 Å². The Morgan fingerprint density at radius 1 is 1.36 bits per heavy atom. The smallest absolute Gasteiger partial charge is 0.0689 e. The maximum absolute atomic E-state index is 5.48. The first-order chi connectivity index (χ1) is 6.71. The molecule has 0 saturated heterocycles. The number of hydrogen-bond acceptors (Lipinski definition) is 3. The third-order valence-electron chi connectivity index (χ3n) is 2.10. The Hall–Kier alpha value is -1.09. The van der Waals surface area contributed by atoms with Crippen molar-refractivity contribution in [2.24, 2.45) is 10.8 Å². The fourth-order valence-corrected chi connectivity index (χ4v) is 1.13. The van der Waals surface area contributed by atoms with E-state index in [1.807, 2.05) is 13.0 Å².